The van der Waals surface area contributed by atoms with Gasteiger partial charge in [-0.05, 0) is 13.0 Å². The van der Waals surface area contributed by atoms with Gasteiger partial charge in [-0.1, -0.05) is 0 Å². The number of nitrogens with zero attached hydrogens (tertiary/aromatic N) is 2. The second-order valence-corrected chi connectivity index (χ2v) is 6.57. The lowest BCUT2D eigenvalue weighted by Crippen LogP contribution is -2.58. The fourth-order valence-corrected chi connectivity index (χ4v) is 3.66. The van der Waals surface area contributed by atoms with E-state index in [1.54, 1.807) is 0 Å². The van der Waals surface area contributed by atoms with Crippen molar-refractivity contribution in [2.45, 2.75) is 17.9 Å². The number of sulfonamides is 1. The quantitative estimate of drug-likeness (QED) is 0.633. The van der Waals surface area contributed by atoms with Crippen LogP contribution in [-0.2, 0) is 26.7 Å². The molecule has 2 rings (SSSR count). The number of hydrogen-bond acceptors (Lipinski definition) is 5. The zero-order valence-electron chi connectivity index (χ0n) is 11.4. The van der Waals surface area contributed by atoms with Crippen LogP contribution in [0.4, 0.5) is 0 Å². The Balaban J connectivity index is 2.46. The number of carbonyl (C=O) groups is 3. The van der Waals surface area contributed by atoms with Crippen LogP contribution < -0.4 is 11.1 Å². The smallest absolute Gasteiger partial charge is 0.265 e. The van der Waals surface area contributed by atoms with Gasteiger partial charge < -0.3 is 10.3 Å². The molecular formula is C11H14N4O5S. The first kappa shape index (κ1) is 15.2. The van der Waals surface area contributed by atoms with Gasteiger partial charge in [-0.25, -0.2) is 8.42 Å². The first-order valence-corrected chi connectivity index (χ1v) is 7.40. The van der Waals surface area contributed by atoms with Crippen LogP contribution in [0, 0.1) is 0 Å². The lowest BCUT2D eigenvalue weighted by molar-refractivity contribution is -0.136. The van der Waals surface area contributed by atoms with Gasteiger partial charge in [0.2, 0.25) is 21.8 Å². The van der Waals surface area contributed by atoms with Gasteiger partial charge in [0.15, 0.2) is 0 Å². The number of hydrogen-bond donors (Lipinski definition) is 2. The van der Waals surface area contributed by atoms with Crippen molar-refractivity contribution in [2.24, 2.45) is 12.8 Å². The van der Waals surface area contributed by atoms with Gasteiger partial charge in [0.1, 0.15) is 16.6 Å². The highest BCUT2D eigenvalue weighted by molar-refractivity contribution is 7.89. The Morgan fingerprint density at radius 1 is 1.43 bits per heavy atom. The van der Waals surface area contributed by atoms with Crippen molar-refractivity contribution in [3.63, 3.8) is 0 Å². The summed E-state index contributed by atoms with van der Waals surface area (Å²) in [4.78, 5) is 33.9. The first-order chi connectivity index (χ1) is 9.64. The Hall–Kier alpha value is -2.20. The van der Waals surface area contributed by atoms with Crippen molar-refractivity contribution in [1.29, 1.82) is 0 Å². The molecule has 3 amide bonds. The van der Waals surface area contributed by atoms with E-state index in [2.05, 4.69) is 5.32 Å². The number of rotatable bonds is 3. The summed E-state index contributed by atoms with van der Waals surface area (Å²) in [5.74, 6) is -2.17. The Kier molecular flexibility index (Phi) is 3.59. The molecule has 0 bridgehead atoms. The summed E-state index contributed by atoms with van der Waals surface area (Å²) >= 11 is 0. The van der Waals surface area contributed by atoms with Gasteiger partial charge in [0, 0.05) is 13.2 Å². The minimum absolute atomic E-state index is 0.00835. The molecule has 0 aromatic carbocycles. The number of imide groups is 1. The zero-order chi connectivity index (χ0) is 15.9. The van der Waals surface area contributed by atoms with Crippen molar-refractivity contribution >= 4 is 27.7 Å². The maximum atomic E-state index is 12.5. The Morgan fingerprint density at radius 3 is 2.57 bits per heavy atom. The molecule has 0 radical (unpaired) electrons. The third kappa shape index (κ3) is 2.54. The van der Waals surface area contributed by atoms with Gasteiger partial charge in [-0.3, -0.25) is 19.7 Å². The number of amides is 3. The summed E-state index contributed by atoms with van der Waals surface area (Å²) in [7, 11) is -2.62. The number of aromatic nitrogens is 1. The van der Waals surface area contributed by atoms with Crippen LogP contribution in [0.25, 0.3) is 0 Å². The van der Waals surface area contributed by atoms with Gasteiger partial charge in [-0.15, -0.1) is 0 Å². The molecule has 10 heteroatoms. The highest BCUT2D eigenvalue weighted by Crippen LogP contribution is 2.21. The number of nitrogens with one attached hydrogen (secondary N) is 1. The normalized spacial score (nSPS) is 20.4. The van der Waals surface area contributed by atoms with E-state index in [1.807, 2.05) is 0 Å². The van der Waals surface area contributed by atoms with E-state index >= 15 is 0 Å². The molecule has 9 nitrogen and oxygen atoms in total. The highest BCUT2D eigenvalue weighted by Gasteiger charge is 2.39. The van der Waals surface area contributed by atoms with Crippen LogP contribution in [0.2, 0.25) is 0 Å². The molecule has 0 aliphatic carbocycles. The molecule has 1 aromatic rings. The monoisotopic (exact) mass is 314 g/mol. The zero-order valence-corrected chi connectivity index (χ0v) is 12.2. The number of piperazine rings is 1. The lowest BCUT2D eigenvalue weighted by atomic mass is 10.2. The van der Waals surface area contributed by atoms with Gasteiger partial charge in [-0.2, -0.15) is 4.31 Å². The average Bonchev–Trinajstić information content (AvgIpc) is 2.76. The third-order valence-electron chi connectivity index (χ3n) is 3.21. The average molecular weight is 314 g/mol. The van der Waals surface area contributed by atoms with E-state index in [-0.39, 0.29) is 10.6 Å². The van der Waals surface area contributed by atoms with Crippen molar-refractivity contribution in [1.82, 2.24) is 14.2 Å². The van der Waals surface area contributed by atoms with E-state index in [9.17, 15) is 22.8 Å². The number of nitrogens with two attached hydrogens (primary N) is 1. The molecule has 0 spiro atoms. The lowest BCUT2D eigenvalue weighted by Gasteiger charge is -2.30. The maximum Gasteiger partial charge on any atom is 0.265 e. The topological polar surface area (TPSA) is 132 Å². The molecule has 1 fully saturated rings. The van der Waals surface area contributed by atoms with E-state index < -0.39 is 40.3 Å². The Bertz CT molecular complexity index is 736. The summed E-state index contributed by atoms with van der Waals surface area (Å²) in [5.41, 5.74) is 5.14. The molecule has 1 aromatic heterocycles. The summed E-state index contributed by atoms with van der Waals surface area (Å²) in [6.07, 6.45) is 1.21. The van der Waals surface area contributed by atoms with Crippen molar-refractivity contribution in [3.8, 4) is 0 Å². The molecule has 2 heterocycles. The van der Waals surface area contributed by atoms with Crippen LogP contribution in [-0.4, -0.2) is 47.6 Å². The van der Waals surface area contributed by atoms with Gasteiger partial charge in [0.25, 0.3) is 5.91 Å². The van der Waals surface area contributed by atoms with Crippen LogP contribution in [0.3, 0.4) is 0 Å². The van der Waals surface area contributed by atoms with Crippen molar-refractivity contribution < 1.29 is 22.8 Å². The molecule has 21 heavy (non-hydrogen) atoms. The van der Waals surface area contributed by atoms with E-state index in [0.29, 0.717) is 0 Å². The first-order valence-electron chi connectivity index (χ1n) is 5.96. The highest BCUT2D eigenvalue weighted by atomic mass is 32.2. The van der Waals surface area contributed by atoms with Crippen LogP contribution >= 0.6 is 0 Å². The van der Waals surface area contributed by atoms with Crippen LogP contribution in [0.15, 0.2) is 17.2 Å². The minimum Gasteiger partial charge on any atom is -0.364 e. The fraction of sp³-hybridized carbons (Fsp3) is 0.364. The van der Waals surface area contributed by atoms with Crippen molar-refractivity contribution in [3.05, 3.63) is 18.0 Å². The number of primary amides is 1. The fourth-order valence-electron chi connectivity index (χ4n) is 2.04. The molecule has 1 unspecified atom stereocenters. The molecule has 1 atom stereocenters. The van der Waals surface area contributed by atoms with E-state index in [0.717, 1.165) is 10.4 Å². The van der Waals surface area contributed by atoms with Crippen LogP contribution in [0.1, 0.15) is 17.4 Å². The van der Waals surface area contributed by atoms with Crippen molar-refractivity contribution in [2.75, 3.05) is 6.54 Å². The summed E-state index contributed by atoms with van der Waals surface area (Å²) in [6, 6.07) is 0.0893. The number of carbonyl (C=O) groups excluding carboxylic acids is 3. The largest absolute Gasteiger partial charge is 0.364 e. The predicted molar refractivity (Wildman–Crippen MR) is 70.4 cm³/mol. The molecule has 1 saturated heterocycles. The van der Waals surface area contributed by atoms with Gasteiger partial charge in [0.05, 0.1) is 6.54 Å². The Labute approximate surface area is 120 Å². The molecule has 3 N–H and O–H groups in total. The van der Waals surface area contributed by atoms with E-state index in [4.69, 9.17) is 5.73 Å². The molecular weight excluding hydrogens is 300 g/mol. The number of aryl methyl sites for hydroxylation is 1. The second kappa shape index (κ2) is 4.97. The van der Waals surface area contributed by atoms with Crippen LogP contribution in [0.5, 0.6) is 0 Å². The van der Waals surface area contributed by atoms with E-state index in [1.165, 1.54) is 24.7 Å². The molecule has 1 aliphatic rings. The predicted octanol–water partition coefficient (Wildman–Crippen LogP) is -1.84. The Morgan fingerprint density at radius 2 is 2.05 bits per heavy atom. The third-order valence-corrected chi connectivity index (χ3v) is 5.09. The molecule has 114 valence electrons. The standard InChI is InChI=1S/C11H14N4O5S/c1-6-11(18)13-9(16)5-15(6)21(19,20)7-3-8(10(12)17)14(2)4-7/h3-4,6H,5H2,1-2H3,(H2,12,17)(H,13,16,18). The maximum absolute atomic E-state index is 12.5. The minimum atomic E-state index is -4.09. The summed E-state index contributed by atoms with van der Waals surface area (Å²) < 4.78 is 27.1. The molecule has 0 saturated carbocycles. The molecule has 1 aliphatic heterocycles. The second-order valence-electron chi connectivity index (χ2n) is 4.67. The summed E-state index contributed by atoms with van der Waals surface area (Å²) in [5, 5.41) is 2.05. The van der Waals surface area contributed by atoms with Gasteiger partial charge >= 0.3 is 0 Å². The SMILES string of the molecule is CC1C(=O)NC(=O)CN1S(=O)(=O)c1cc(C(N)=O)n(C)c1. The summed E-state index contributed by atoms with van der Waals surface area (Å²) in [6.45, 7) is 0.910.